The molecule has 0 aromatic heterocycles. The molecule has 0 saturated heterocycles. The largest absolute Gasteiger partial charge is 0.414 e. The molecule has 3 fully saturated rings. The third-order valence-electron chi connectivity index (χ3n) is 11.8. The van der Waals surface area contributed by atoms with Crippen molar-refractivity contribution in [3.63, 3.8) is 0 Å². The Morgan fingerprint density at radius 2 is 1.62 bits per heavy atom. The van der Waals surface area contributed by atoms with Crippen molar-refractivity contribution in [1.29, 1.82) is 0 Å². The zero-order valence-electron chi connectivity index (χ0n) is 24.2. The van der Waals surface area contributed by atoms with Crippen LogP contribution in [-0.4, -0.2) is 14.4 Å². The summed E-state index contributed by atoms with van der Waals surface area (Å²) in [6.07, 6.45) is 20.8. The molecule has 4 aliphatic carbocycles. The van der Waals surface area contributed by atoms with Crippen molar-refractivity contribution in [1.82, 2.24) is 0 Å². The van der Waals surface area contributed by atoms with Gasteiger partial charge in [0.05, 0.1) is 0 Å². The second kappa shape index (κ2) is 9.51. The van der Waals surface area contributed by atoms with Gasteiger partial charge in [0, 0.05) is 6.10 Å². The number of hydrogen-bond acceptors (Lipinski definition) is 1. The predicted molar refractivity (Wildman–Crippen MR) is 151 cm³/mol. The molecule has 0 bridgehead atoms. The van der Waals surface area contributed by atoms with E-state index in [9.17, 15) is 0 Å². The highest BCUT2D eigenvalue weighted by Crippen LogP contribution is 2.66. The van der Waals surface area contributed by atoms with Crippen LogP contribution in [0.15, 0.2) is 23.3 Å². The zero-order chi connectivity index (χ0) is 24.9. The fourth-order valence-electron chi connectivity index (χ4n) is 8.77. The molecule has 2 heteroatoms. The van der Waals surface area contributed by atoms with Crippen molar-refractivity contribution in [3.8, 4) is 0 Å². The lowest BCUT2D eigenvalue weighted by Crippen LogP contribution is -2.49. The highest BCUT2D eigenvalue weighted by Gasteiger charge is 2.57. The fraction of sp³-hybridized carbons (Fsp3) is 0.875. The first kappa shape index (κ1) is 26.7. The topological polar surface area (TPSA) is 9.23 Å². The first-order chi connectivity index (χ1) is 15.9. The number of allylic oxidation sites excluding steroid dienone is 3. The predicted octanol–water partition coefficient (Wildman–Crippen LogP) is 10.1. The first-order valence-electron chi connectivity index (χ1n) is 15.0. The Kier molecular flexibility index (Phi) is 7.47. The summed E-state index contributed by atoms with van der Waals surface area (Å²) >= 11 is 0. The molecule has 0 aromatic rings. The molecule has 194 valence electrons. The van der Waals surface area contributed by atoms with Gasteiger partial charge in [-0.05, 0) is 97.6 Å². The molecule has 1 nitrogen and oxygen atoms in total. The van der Waals surface area contributed by atoms with Crippen LogP contribution in [-0.2, 0) is 4.43 Å². The Morgan fingerprint density at radius 3 is 2.24 bits per heavy atom. The lowest BCUT2D eigenvalue weighted by molar-refractivity contribution is 0.0303. The summed E-state index contributed by atoms with van der Waals surface area (Å²) in [7, 11) is -1.71. The molecule has 34 heavy (non-hydrogen) atoms. The lowest BCUT2D eigenvalue weighted by atomic mass is 9.50. The molecular weight excluding hydrogens is 428 g/mol. The molecule has 0 heterocycles. The van der Waals surface area contributed by atoms with Crippen LogP contribution in [0.1, 0.15) is 119 Å². The van der Waals surface area contributed by atoms with E-state index in [4.69, 9.17) is 4.43 Å². The Labute approximate surface area is 213 Å². The van der Waals surface area contributed by atoms with Gasteiger partial charge in [0.25, 0.3) is 0 Å². The minimum Gasteiger partial charge on any atom is -0.414 e. The summed E-state index contributed by atoms with van der Waals surface area (Å²) in [5, 5.41) is 0.294. The lowest BCUT2D eigenvalue weighted by Gasteiger charge is -2.56. The van der Waals surface area contributed by atoms with Gasteiger partial charge in [0.1, 0.15) is 0 Å². The van der Waals surface area contributed by atoms with Crippen LogP contribution in [0.4, 0.5) is 0 Å². The minimum absolute atomic E-state index is 0.294. The van der Waals surface area contributed by atoms with Gasteiger partial charge in [-0.2, -0.15) is 0 Å². The Balaban J connectivity index is 1.55. The van der Waals surface area contributed by atoms with E-state index >= 15 is 0 Å². The van der Waals surface area contributed by atoms with Crippen molar-refractivity contribution in [2.45, 2.75) is 143 Å². The summed E-state index contributed by atoms with van der Waals surface area (Å²) in [5.74, 6) is 3.53. The van der Waals surface area contributed by atoms with Gasteiger partial charge < -0.3 is 4.43 Å². The SMILES string of the molecule is CCCC(CCC)[C@H]1CC[C@H]2C3=CC=C4C[C@@H](O[Si](C)(C)C(C)(C)C)CC[C@]4(C)[C@H]3CC[C@]12C. The summed E-state index contributed by atoms with van der Waals surface area (Å²) in [5.41, 5.74) is 4.49. The van der Waals surface area contributed by atoms with E-state index in [0.29, 0.717) is 22.0 Å². The summed E-state index contributed by atoms with van der Waals surface area (Å²) in [6.45, 7) is 22.1. The third-order valence-corrected chi connectivity index (χ3v) is 16.3. The summed E-state index contributed by atoms with van der Waals surface area (Å²) in [6, 6.07) is 0. The maximum absolute atomic E-state index is 6.92. The van der Waals surface area contributed by atoms with Gasteiger partial charge in [0.2, 0.25) is 0 Å². The molecule has 0 radical (unpaired) electrons. The third kappa shape index (κ3) is 4.46. The summed E-state index contributed by atoms with van der Waals surface area (Å²) < 4.78 is 6.92. The molecule has 3 saturated carbocycles. The molecule has 0 aliphatic heterocycles. The number of hydrogen-bond donors (Lipinski definition) is 0. The van der Waals surface area contributed by atoms with Crippen molar-refractivity contribution < 1.29 is 4.43 Å². The molecule has 0 aromatic carbocycles. The second-order valence-electron chi connectivity index (χ2n) is 14.7. The monoisotopic (exact) mass is 484 g/mol. The van der Waals surface area contributed by atoms with Gasteiger partial charge >= 0.3 is 0 Å². The smallest absolute Gasteiger partial charge is 0.192 e. The van der Waals surface area contributed by atoms with E-state index in [2.05, 4.69) is 73.7 Å². The standard InChI is InChI=1S/C32H56OSi/c1-10-12-23(13-11-2)27-16-17-28-26-15-14-24-22-25(33-34(8,9)30(3,4)5)18-20-31(24,6)29(26)19-21-32(27,28)7/h14-15,23,25,27-29H,10-13,16-22H2,1-9H3/t25-,27+,28-,29-,31-,32+/m0/s1. The number of rotatable bonds is 7. The van der Waals surface area contributed by atoms with Crippen LogP contribution in [0, 0.1) is 34.5 Å². The van der Waals surface area contributed by atoms with Gasteiger partial charge in [-0.25, -0.2) is 0 Å². The molecule has 0 amide bonds. The van der Waals surface area contributed by atoms with Gasteiger partial charge in [-0.15, -0.1) is 0 Å². The van der Waals surface area contributed by atoms with Gasteiger partial charge in [-0.1, -0.05) is 97.4 Å². The van der Waals surface area contributed by atoms with E-state index < -0.39 is 8.32 Å². The van der Waals surface area contributed by atoms with Crippen LogP contribution < -0.4 is 0 Å². The maximum atomic E-state index is 6.92. The maximum Gasteiger partial charge on any atom is 0.192 e. The molecule has 0 N–H and O–H groups in total. The Bertz CT molecular complexity index is 794. The summed E-state index contributed by atoms with van der Waals surface area (Å²) in [4.78, 5) is 0. The van der Waals surface area contributed by atoms with Crippen molar-refractivity contribution >= 4 is 8.32 Å². The Hall–Kier alpha value is -0.343. The van der Waals surface area contributed by atoms with Crippen LogP contribution in [0.5, 0.6) is 0 Å². The minimum atomic E-state index is -1.71. The van der Waals surface area contributed by atoms with Gasteiger partial charge in [-0.3, -0.25) is 0 Å². The fourth-order valence-corrected chi connectivity index (χ4v) is 10.2. The average molecular weight is 485 g/mol. The molecule has 6 atom stereocenters. The number of fused-ring (bicyclic) bond motifs is 5. The van der Waals surface area contributed by atoms with Crippen LogP contribution in [0.3, 0.4) is 0 Å². The second-order valence-corrected chi connectivity index (χ2v) is 19.4. The van der Waals surface area contributed by atoms with E-state index in [0.717, 1.165) is 23.7 Å². The molecule has 0 unspecified atom stereocenters. The van der Waals surface area contributed by atoms with Crippen molar-refractivity contribution in [2.24, 2.45) is 34.5 Å². The van der Waals surface area contributed by atoms with Gasteiger partial charge in [0.15, 0.2) is 8.32 Å². The van der Waals surface area contributed by atoms with E-state index in [1.165, 1.54) is 70.6 Å². The van der Waals surface area contributed by atoms with Crippen molar-refractivity contribution in [2.75, 3.05) is 0 Å². The quantitative estimate of drug-likeness (QED) is 0.326. The molecule has 4 rings (SSSR count). The highest BCUT2D eigenvalue weighted by molar-refractivity contribution is 6.74. The van der Waals surface area contributed by atoms with Crippen LogP contribution >= 0.6 is 0 Å². The van der Waals surface area contributed by atoms with E-state index in [1.807, 2.05) is 5.57 Å². The van der Waals surface area contributed by atoms with Crippen LogP contribution in [0.25, 0.3) is 0 Å². The normalized spacial score (nSPS) is 38.2. The van der Waals surface area contributed by atoms with E-state index in [-0.39, 0.29) is 0 Å². The molecule has 0 spiro atoms. The van der Waals surface area contributed by atoms with E-state index in [1.54, 1.807) is 5.57 Å². The molecular formula is C32H56OSi. The van der Waals surface area contributed by atoms with Crippen molar-refractivity contribution in [3.05, 3.63) is 23.3 Å². The Morgan fingerprint density at radius 1 is 0.941 bits per heavy atom. The zero-order valence-corrected chi connectivity index (χ0v) is 25.2. The molecule has 4 aliphatic rings. The average Bonchev–Trinajstić information content (AvgIpc) is 3.10. The van der Waals surface area contributed by atoms with Crippen LogP contribution in [0.2, 0.25) is 18.1 Å². The highest BCUT2D eigenvalue weighted by atomic mass is 28.4. The first-order valence-corrected chi connectivity index (χ1v) is 17.9.